The first-order valence-corrected chi connectivity index (χ1v) is 11.1. The number of fused-ring (bicyclic) bond motifs is 1. The molecule has 3 rings (SSSR count). The van der Waals surface area contributed by atoms with Crippen molar-refractivity contribution in [1.82, 2.24) is 5.32 Å². The Bertz CT molecular complexity index is 1270. The van der Waals surface area contributed by atoms with Crippen LogP contribution in [0, 0.1) is 3.57 Å². The predicted octanol–water partition coefficient (Wildman–Crippen LogP) is 3.53. The highest BCUT2D eigenvalue weighted by molar-refractivity contribution is 14.1. The minimum Gasteiger partial charge on any atom is -0.743 e. The summed E-state index contributed by atoms with van der Waals surface area (Å²) in [7, 11) is -5.96. The number of hydrogen-bond donors (Lipinski definition) is 1. The molecule has 0 aliphatic rings. The summed E-state index contributed by atoms with van der Waals surface area (Å²) in [4.78, 5) is 25.1. The van der Waals surface area contributed by atoms with Crippen LogP contribution in [0.1, 0.15) is 20.7 Å². The Hall–Kier alpha value is -2.64. The second-order valence-electron chi connectivity index (χ2n) is 6.33. The largest absolute Gasteiger partial charge is 0.743 e. The van der Waals surface area contributed by atoms with E-state index in [4.69, 9.17) is 4.74 Å². The van der Waals surface area contributed by atoms with Crippen molar-refractivity contribution in [3.63, 3.8) is 0 Å². The van der Waals surface area contributed by atoms with Gasteiger partial charge in [0.15, 0.2) is 10.1 Å². The number of carbonyl (C=O) groups excluding carboxylic acids is 2. The minimum absolute atomic E-state index is 0.212. The fourth-order valence-corrected chi connectivity index (χ4v) is 3.40. The van der Waals surface area contributed by atoms with Gasteiger partial charge in [-0.3, -0.25) is 4.79 Å². The van der Waals surface area contributed by atoms with Crippen LogP contribution in [0.25, 0.3) is 10.8 Å². The quantitative estimate of drug-likeness (QED) is 0.214. The highest BCUT2D eigenvalue weighted by Crippen LogP contribution is 2.26. The van der Waals surface area contributed by atoms with Crippen LogP contribution in [0.15, 0.2) is 60.7 Å². The van der Waals surface area contributed by atoms with Gasteiger partial charge in [-0.2, -0.15) is 8.78 Å². The molecule has 0 fully saturated rings. The first-order chi connectivity index (χ1) is 14.5. The second kappa shape index (κ2) is 8.85. The van der Waals surface area contributed by atoms with E-state index < -0.39 is 33.8 Å². The molecular formula is C20H13F2INO6S-. The van der Waals surface area contributed by atoms with Gasteiger partial charge in [0.05, 0.1) is 17.7 Å². The molecule has 0 heterocycles. The molecule has 0 atom stereocenters. The van der Waals surface area contributed by atoms with Crippen LogP contribution in [-0.4, -0.2) is 36.6 Å². The zero-order chi connectivity index (χ0) is 22.8. The van der Waals surface area contributed by atoms with Gasteiger partial charge in [0.2, 0.25) is 0 Å². The molecule has 0 aromatic heterocycles. The lowest BCUT2D eigenvalue weighted by molar-refractivity contribution is 0.0683. The number of ether oxygens (including phenoxy) is 1. The van der Waals surface area contributed by atoms with E-state index in [9.17, 15) is 31.3 Å². The number of nitrogens with one attached hydrogen (secondary N) is 1. The highest BCUT2D eigenvalue weighted by atomic mass is 127. The van der Waals surface area contributed by atoms with Gasteiger partial charge in [0, 0.05) is 3.57 Å². The number of hydrogen-bond acceptors (Lipinski definition) is 6. The third kappa shape index (κ3) is 5.17. The van der Waals surface area contributed by atoms with E-state index in [1.54, 1.807) is 41.7 Å². The summed E-state index contributed by atoms with van der Waals surface area (Å²) in [6, 6.07) is 16.1. The Balaban J connectivity index is 1.88. The molecule has 162 valence electrons. The topological polar surface area (TPSA) is 113 Å². The van der Waals surface area contributed by atoms with Crippen LogP contribution in [0.5, 0.6) is 5.75 Å². The Kier molecular flexibility index (Phi) is 6.57. The predicted molar refractivity (Wildman–Crippen MR) is 115 cm³/mol. The third-order valence-corrected chi connectivity index (χ3v) is 5.77. The van der Waals surface area contributed by atoms with Crippen molar-refractivity contribution < 1.29 is 36.1 Å². The molecule has 0 radical (unpaired) electrons. The van der Waals surface area contributed by atoms with Gasteiger partial charge in [0.25, 0.3) is 5.91 Å². The number of rotatable bonds is 6. The van der Waals surface area contributed by atoms with Gasteiger partial charge < -0.3 is 14.6 Å². The van der Waals surface area contributed by atoms with Crippen molar-refractivity contribution >= 4 is 55.4 Å². The van der Waals surface area contributed by atoms with E-state index in [0.29, 0.717) is 8.96 Å². The van der Waals surface area contributed by atoms with Crippen LogP contribution in [0.3, 0.4) is 0 Å². The minimum atomic E-state index is -5.96. The molecule has 0 aliphatic carbocycles. The average molecular weight is 560 g/mol. The Morgan fingerprint density at radius 2 is 1.71 bits per heavy atom. The van der Waals surface area contributed by atoms with Gasteiger partial charge in [-0.15, -0.1) is 0 Å². The average Bonchev–Trinajstić information content (AvgIpc) is 2.71. The summed E-state index contributed by atoms with van der Waals surface area (Å²) in [6.45, 7) is -1.72. The van der Waals surface area contributed by atoms with E-state index in [-0.39, 0.29) is 16.9 Å². The number of alkyl halides is 2. The first-order valence-electron chi connectivity index (χ1n) is 8.60. The van der Waals surface area contributed by atoms with E-state index in [0.717, 1.165) is 5.39 Å². The Morgan fingerprint density at radius 1 is 1.03 bits per heavy atom. The molecule has 0 bridgehead atoms. The zero-order valence-corrected chi connectivity index (χ0v) is 18.4. The maximum atomic E-state index is 13.3. The molecule has 0 saturated heterocycles. The van der Waals surface area contributed by atoms with Gasteiger partial charge in [-0.1, -0.05) is 36.4 Å². The monoisotopic (exact) mass is 560 g/mol. The maximum Gasteiger partial charge on any atom is 0.351 e. The molecule has 3 aromatic rings. The summed E-state index contributed by atoms with van der Waals surface area (Å²) in [5.74, 6) is -2.13. The summed E-state index contributed by atoms with van der Waals surface area (Å²) >= 11 is 1.90. The standard InChI is InChI=1S/C20H14F2INO6S/c21-20(22,31(27,28)29)11-24-18(25)16-9-8-13(23)10-17(16)30-19(26)15-7-3-5-12-4-1-2-6-14(12)15/h1-10H,11H2,(H,24,25)(H,27,28,29)/p-1. The maximum absolute atomic E-state index is 13.3. The van der Waals surface area contributed by atoms with E-state index in [2.05, 4.69) is 0 Å². The summed E-state index contributed by atoms with van der Waals surface area (Å²) in [5, 5.41) is -1.59. The van der Waals surface area contributed by atoms with Crippen LogP contribution in [0.2, 0.25) is 0 Å². The Labute approximate surface area is 189 Å². The first kappa shape index (κ1) is 23.0. The van der Waals surface area contributed by atoms with Crippen molar-refractivity contribution in [2.45, 2.75) is 5.25 Å². The lowest BCUT2D eigenvalue weighted by Gasteiger charge is -2.20. The third-order valence-electron chi connectivity index (χ3n) is 4.22. The molecule has 0 saturated carbocycles. The molecule has 3 aromatic carbocycles. The van der Waals surface area contributed by atoms with Gasteiger partial charge in [0.1, 0.15) is 5.75 Å². The highest BCUT2D eigenvalue weighted by Gasteiger charge is 2.38. The van der Waals surface area contributed by atoms with Gasteiger partial charge >= 0.3 is 11.2 Å². The van der Waals surface area contributed by atoms with E-state index in [1.807, 2.05) is 22.6 Å². The molecular weight excluding hydrogens is 547 g/mol. The smallest absolute Gasteiger partial charge is 0.351 e. The molecule has 1 N–H and O–H groups in total. The van der Waals surface area contributed by atoms with Crippen molar-refractivity contribution in [2.75, 3.05) is 6.54 Å². The molecule has 31 heavy (non-hydrogen) atoms. The molecule has 1 amide bonds. The zero-order valence-electron chi connectivity index (χ0n) is 15.5. The van der Waals surface area contributed by atoms with Gasteiger partial charge in [-0.25, -0.2) is 13.2 Å². The fraction of sp³-hybridized carbons (Fsp3) is 0.100. The molecule has 0 aliphatic heterocycles. The summed E-state index contributed by atoms with van der Waals surface area (Å²) in [5.41, 5.74) is -0.0552. The van der Waals surface area contributed by atoms with Crippen LogP contribution in [-0.2, 0) is 10.1 Å². The molecule has 11 heteroatoms. The summed E-state index contributed by atoms with van der Waals surface area (Å²) < 4.78 is 64.4. The van der Waals surface area contributed by atoms with Crippen LogP contribution >= 0.6 is 22.6 Å². The number of carbonyl (C=O) groups is 2. The fourth-order valence-electron chi connectivity index (χ4n) is 2.69. The van der Waals surface area contributed by atoms with Crippen molar-refractivity contribution in [2.24, 2.45) is 0 Å². The number of halogens is 3. The summed E-state index contributed by atoms with van der Waals surface area (Å²) in [6.07, 6.45) is 0. The molecule has 7 nitrogen and oxygen atoms in total. The van der Waals surface area contributed by atoms with Gasteiger partial charge in [-0.05, 0) is 57.6 Å². The SMILES string of the molecule is O=C(NCC(F)(F)S(=O)(=O)[O-])c1ccc(I)cc1OC(=O)c1cccc2ccccc12. The number of amides is 1. The molecule has 0 unspecified atom stereocenters. The van der Waals surface area contributed by atoms with Crippen molar-refractivity contribution in [3.8, 4) is 5.75 Å². The van der Waals surface area contributed by atoms with E-state index >= 15 is 0 Å². The van der Waals surface area contributed by atoms with Crippen molar-refractivity contribution in [3.05, 3.63) is 75.4 Å². The molecule has 0 spiro atoms. The normalized spacial score (nSPS) is 11.9. The lowest BCUT2D eigenvalue weighted by Crippen LogP contribution is -2.42. The second-order valence-corrected chi connectivity index (χ2v) is 9.08. The van der Waals surface area contributed by atoms with E-state index in [1.165, 1.54) is 24.3 Å². The van der Waals surface area contributed by atoms with Crippen LogP contribution in [0.4, 0.5) is 8.78 Å². The van der Waals surface area contributed by atoms with Crippen molar-refractivity contribution in [1.29, 1.82) is 0 Å². The lowest BCUT2D eigenvalue weighted by atomic mass is 10.0. The Morgan fingerprint density at radius 3 is 2.42 bits per heavy atom. The van der Waals surface area contributed by atoms with Crippen LogP contribution < -0.4 is 10.1 Å². The number of esters is 1. The number of benzene rings is 3.